The van der Waals surface area contributed by atoms with Crippen LogP contribution in [0.4, 0.5) is 5.82 Å². The Kier molecular flexibility index (Phi) is 6.51. The molecule has 7 nitrogen and oxygen atoms in total. The molecule has 4 aliphatic rings. The van der Waals surface area contributed by atoms with Crippen LogP contribution in [0, 0.1) is 5.92 Å². The van der Waals surface area contributed by atoms with Gasteiger partial charge in [-0.2, -0.15) is 0 Å². The molecule has 1 aromatic heterocycles. The van der Waals surface area contributed by atoms with E-state index in [0.717, 1.165) is 43.5 Å². The number of amides is 1. The molecule has 3 fully saturated rings. The van der Waals surface area contributed by atoms with Crippen LogP contribution in [0.2, 0.25) is 0 Å². The fourth-order valence-electron chi connectivity index (χ4n) is 6.14. The first kappa shape index (κ1) is 23.8. The molecule has 3 saturated heterocycles. The molecule has 4 heterocycles. The molecule has 8 heteroatoms. The molecule has 3 aromatic rings. The van der Waals surface area contributed by atoms with Crippen LogP contribution in [0.5, 0.6) is 0 Å². The molecule has 1 amide bonds. The van der Waals surface area contributed by atoms with Crippen molar-refractivity contribution in [1.29, 1.82) is 0 Å². The number of halogens is 1. The van der Waals surface area contributed by atoms with Crippen molar-refractivity contribution in [3.8, 4) is 0 Å². The predicted molar refractivity (Wildman–Crippen MR) is 125 cm³/mol. The lowest BCUT2D eigenvalue weighted by molar-refractivity contribution is -0.938. The first-order valence-corrected chi connectivity index (χ1v) is 12.0. The number of ether oxygens (including phenoxy) is 1. The van der Waals surface area contributed by atoms with Gasteiger partial charge < -0.3 is 36.0 Å². The number of carbonyl (C=O) groups is 2. The quantitative estimate of drug-likeness (QED) is 0.378. The molecule has 3 aliphatic heterocycles. The fourth-order valence-corrected chi connectivity index (χ4v) is 6.14. The van der Waals surface area contributed by atoms with E-state index in [-0.39, 0.29) is 35.0 Å². The number of esters is 1. The fraction of sp³-hybridized carbons (Fsp3) is 0.370. The van der Waals surface area contributed by atoms with E-state index < -0.39 is 5.92 Å². The zero-order valence-corrected chi connectivity index (χ0v) is 20.9. The third-order valence-electron chi connectivity index (χ3n) is 7.84. The zero-order chi connectivity index (χ0) is 23.1. The maximum absolute atomic E-state index is 13.7. The molecular weight excluding hydrogens is 510 g/mol. The summed E-state index contributed by atoms with van der Waals surface area (Å²) in [6.45, 7) is 2.89. The summed E-state index contributed by atoms with van der Waals surface area (Å²) in [5.41, 5.74) is 4.46. The van der Waals surface area contributed by atoms with Gasteiger partial charge in [-0.1, -0.05) is 53.7 Å². The smallest absolute Gasteiger partial charge is 0.318 e. The maximum atomic E-state index is 13.7. The normalized spacial score (nSPS) is 24.6. The summed E-state index contributed by atoms with van der Waals surface area (Å²) in [6.07, 6.45) is 4.03. The zero-order valence-electron chi connectivity index (χ0n) is 19.4. The summed E-state index contributed by atoms with van der Waals surface area (Å²) in [5.74, 6) is 0.114. The number of quaternary nitrogens is 1. The van der Waals surface area contributed by atoms with Gasteiger partial charge in [0.05, 0.1) is 13.1 Å². The van der Waals surface area contributed by atoms with Crippen molar-refractivity contribution in [3.63, 3.8) is 0 Å². The number of piperidine rings is 3. The van der Waals surface area contributed by atoms with Gasteiger partial charge in [0.1, 0.15) is 18.7 Å². The number of fused-ring (bicyclic) bond motifs is 5. The van der Waals surface area contributed by atoms with E-state index in [1.54, 1.807) is 6.07 Å². The molecule has 2 aromatic carbocycles. The average Bonchev–Trinajstić information content (AvgIpc) is 3.35. The highest BCUT2D eigenvalue weighted by Gasteiger charge is 2.49. The highest BCUT2D eigenvalue weighted by Crippen LogP contribution is 2.40. The molecule has 1 aliphatic carbocycles. The topological polar surface area (TPSA) is 81.4 Å². The largest absolute Gasteiger partial charge is 1.00 e. The summed E-state index contributed by atoms with van der Waals surface area (Å²) >= 11 is 0. The number of rotatable bonds is 5. The minimum Gasteiger partial charge on any atom is -1.00 e. The van der Waals surface area contributed by atoms with Crippen LogP contribution in [0.25, 0.3) is 0 Å². The van der Waals surface area contributed by atoms with Gasteiger partial charge >= 0.3 is 5.97 Å². The minimum atomic E-state index is -0.402. The van der Waals surface area contributed by atoms with Crippen molar-refractivity contribution in [2.75, 3.05) is 31.5 Å². The number of carbonyl (C=O) groups excluding carboxylic acids is 2. The Labute approximate surface area is 214 Å². The van der Waals surface area contributed by atoms with Crippen molar-refractivity contribution in [3.05, 3.63) is 83.1 Å². The van der Waals surface area contributed by atoms with Gasteiger partial charge in [0.25, 0.3) is 5.91 Å². The molecular formula is C27H28BrN3O4. The van der Waals surface area contributed by atoms with Crippen LogP contribution in [0.15, 0.2) is 65.4 Å². The Bertz CT molecular complexity index is 1180. The Morgan fingerprint density at radius 2 is 1.66 bits per heavy atom. The Morgan fingerprint density at radius 3 is 2.29 bits per heavy atom. The van der Waals surface area contributed by atoms with E-state index in [2.05, 4.69) is 34.7 Å². The average molecular weight is 538 g/mol. The summed E-state index contributed by atoms with van der Waals surface area (Å²) < 4.78 is 11.7. The summed E-state index contributed by atoms with van der Waals surface area (Å²) in [6, 6.07) is 18.0. The summed E-state index contributed by atoms with van der Waals surface area (Å²) in [7, 11) is 0. The van der Waals surface area contributed by atoms with Gasteiger partial charge in [-0.3, -0.25) is 9.59 Å². The predicted octanol–water partition coefficient (Wildman–Crippen LogP) is 0.506. The summed E-state index contributed by atoms with van der Waals surface area (Å²) in [5, 5.41) is 6.58. The number of anilines is 1. The second kappa shape index (κ2) is 9.59. The number of aromatic nitrogens is 1. The van der Waals surface area contributed by atoms with Crippen molar-refractivity contribution < 1.29 is 40.3 Å². The van der Waals surface area contributed by atoms with Gasteiger partial charge in [-0.05, 0) is 28.7 Å². The Morgan fingerprint density at radius 1 is 1.00 bits per heavy atom. The van der Waals surface area contributed by atoms with Gasteiger partial charge in [-0.25, -0.2) is 0 Å². The summed E-state index contributed by atoms with van der Waals surface area (Å²) in [4.78, 5) is 26.4. The van der Waals surface area contributed by atoms with Gasteiger partial charge in [0.2, 0.25) is 0 Å². The lowest BCUT2D eigenvalue weighted by Crippen LogP contribution is -3.00. The monoisotopic (exact) mass is 537 g/mol. The Hall–Kier alpha value is -2.97. The minimum absolute atomic E-state index is 0. The molecule has 35 heavy (non-hydrogen) atoms. The van der Waals surface area contributed by atoms with E-state index in [1.807, 2.05) is 24.3 Å². The first-order chi connectivity index (χ1) is 16.6. The standard InChI is InChI=1S/C27H27N3O4.BrH/c31-25(28-24-11-14-33-29-24)17-30-12-9-18(10-13-30)23(16-30)34-27(32)26-21-7-3-1-5-19(21)15-20-6-2-4-8-22(20)26;/h1-8,11,14,18,23,26H,9-10,12-13,15-17H2;1H/t18?,23-,30?;/m0./s1. The van der Waals surface area contributed by atoms with Gasteiger partial charge in [0.15, 0.2) is 18.5 Å². The van der Waals surface area contributed by atoms with Gasteiger partial charge in [0, 0.05) is 24.8 Å². The Balaban J connectivity index is 0.00000253. The van der Waals surface area contributed by atoms with E-state index in [1.165, 1.54) is 17.4 Å². The molecule has 1 N–H and O–H groups in total. The van der Waals surface area contributed by atoms with Crippen LogP contribution in [0.3, 0.4) is 0 Å². The van der Waals surface area contributed by atoms with Gasteiger partial charge in [-0.15, -0.1) is 0 Å². The molecule has 7 rings (SSSR count). The molecule has 0 spiro atoms. The molecule has 2 bridgehead atoms. The van der Waals surface area contributed by atoms with Crippen molar-refractivity contribution in [2.24, 2.45) is 5.92 Å². The lowest BCUT2D eigenvalue weighted by Gasteiger charge is -2.51. The van der Waals surface area contributed by atoms with Crippen molar-refractivity contribution >= 4 is 17.7 Å². The van der Waals surface area contributed by atoms with Crippen LogP contribution in [-0.4, -0.2) is 53.8 Å². The van der Waals surface area contributed by atoms with E-state index >= 15 is 0 Å². The van der Waals surface area contributed by atoms with E-state index in [9.17, 15) is 9.59 Å². The molecule has 1 atom stereocenters. The van der Waals surface area contributed by atoms with Crippen LogP contribution in [0.1, 0.15) is 41.0 Å². The first-order valence-electron chi connectivity index (χ1n) is 12.0. The third-order valence-corrected chi connectivity index (χ3v) is 7.84. The van der Waals surface area contributed by atoms with E-state index in [4.69, 9.17) is 9.26 Å². The highest BCUT2D eigenvalue weighted by molar-refractivity contribution is 5.90. The van der Waals surface area contributed by atoms with Crippen molar-refractivity contribution in [1.82, 2.24) is 5.16 Å². The third kappa shape index (κ3) is 4.52. The van der Waals surface area contributed by atoms with Crippen molar-refractivity contribution in [2.45, 2.75) is 31.3 Å². The molecule has 0 saturated carbocycles. The number of hydrogen-bond donors (Lipinski definition) is 1. The highest BCUT2D eigenvalue weighted by atomic mass is 79.9. The second-order valence-corrected chi connectivity index (χ2v) is 9.88. The maximum Gasteiger partial charge on any atom is 0.318 e. The molecule has 182 valence electrons. The lowest BCUT2D eigenvalue weighted by atomic mass is 9.78. The second-order valence-electron chi connectivity index (χ2n) is 9.88. The van der Waals surface area contributed by atoms with Crippen LogP contribution < -0.4 is 22.3 Å². The number of nitrogens with one attached hydrogen (secondary N) is 1. The number of nitrogens with zero attached hydrogens (tertiary/aromatic N) is 2. The van der Waals surface area contributed by atoms with E-state index in [0.29, 0.717) is 29.3 Å². The number of benzene rings is 2. The molecule has 0 radical (unpaired) electrons. The SMILES string of the molecule is O=C(C[N+]12CCC(CC1)[C@@H](OC(=O)C1c3ccccc3Cc3ccccc31)C2)Nc1ccon1.[Br-]. The van der Waals surface area contributed by atoms with Crippen LogP contribution in [-0.2, 0) is 20.7 Å². The van der Waals surface area contributed by atoms with Crippen LogP contribution >= 0.6 is 0 Å². The molecule has 0 unspecified atom stereocenters. The number of hydrogen-bond acceptors (Lipinski definition) is 5.